The van der Waals surface area contributed by atoms with E-state index in [1.54, 1.807) is 24.2 Å². The zero-order valence-electron chi connectivity index (χ0n) is 24.8. The number of benzene rings is 2. The standard InChI is InChI=1S/C33H37N7O3/c1-37(2)24-7-9-27-22(17-24)11-14-40(32(27)42)30-6-4-5-26(28(30)21-41)23-18-29(33(43)38(3)20-23)36-31-10-8-25(19-35-31)39-15-12-34-13-16-39/h4-10,17-20,34,41H,11-16,21H2,1-3H3,(H,35,36). The quantitative estimate of drug-likeness (QED) is 0.306. The number of nitrogens with zero attached hydrogens (tertiary/aromatic N) is 5. The second kappa shape index (κ2) is 11.9. The number of aryl methyl sites for hydroxylation is 1. The molecule has 6 rings (SSSR count). The zero-order chi connectivity index (χ0) is 30.1. The predicted octanol–water partition coefficient (Wildman–Crippen LogP) is 3.36. The highest BCUT2D eigenvalue weighted by atomic mass is 16.3. The van der Waals surface area contributed by atoms with Crippen LogP contribution in [0.3, 0.4) is 0 Å². The molecule has 3 N–H and O–H groups in total. The number of carbonyl (C=O) groups excluding carboxylic acids is 1. The molecule has 4 heterocycles. The van der Waals surface area contributed by atoms with Crippen molar-refractivity contribution in [2.75, 3.05) is 66.8 Å². The number of fused-ring (bicyclic) bond motifs is 1. The van der Waals surface area contributed by atoms with Crippen LogP contribution in [0.25, 0.3) is 11.1 Å². The first-order chi connectivity index (χ1) is 20.8. The second-order valence-corrected chi connectivity index (χ2v) is 11.2. The first kappa shape index (κ1) is 28.4. The van der Waals surface area contributed by atoms with Gasteiger partial charge in [0.1, 0.15) is 11.5 Å². The van der Waals surface area contributed by atoms with Gasteiger partial charge in [-0.05, 0) is 60.0 Å². The monoisotopic (exact) mass is 579 g/mol. The number of piperazine rings is 1. The van der Waals surface area contributed by atoms with Gasteiger partial charge in [0.15, 0.2) is 0 Å². The van der Waals surface area contributed by atoms with E-state index in [9.17, 15) is 14.7 Å². The number of aromatic nitrogens is 2. The van der Waals surface area contributed by atoms with Crippen LogP contribution in [0, 0.1) is 0 Å². The molecule has 222 valence electrons. The fourth-order valence-electron chi connectivity index (χ4n) is 5.90. The molecule has 43 heavy (non-hydrogen) atoms. The summed E-state index contributed by atoms with van der Waals surface area (Å²) in [5.74, 6) is 0.482. The summed E-state index contributed by atoms with van der Waals surface area (Å²) in [6, 6.07) is 17.2. The van der Waals surface area contributed by atoms with Crippen LogP contribution in [0.4, 0.5) is 28.6 Å². The summed E-state index contributed by atoms with van der Waals surface area (Å²) in [5.41, 5.74) is 6.78. The molecule has 2 aliphatic heterocycles. The van der Waals surface area contributed by atoms with Gasteiger partial charge >= 0.3 is 0 Å². The Morgan fingerprint density at radius 2 is 1.81 bits per heavy atom. The minimum absolute atomic E-state index is 0.0865. The second-order valence-electron chi connectivity index (χ2n) is 11.2. The summed E-state index contributed by atoms with van der Waals surface area (Å²) in [5, 5.41) is 17.1. The number of anilines is 5. The molecular weight excluding hydrogens is 542 g/mol. The van der Waals surface area contributed by atoms with Crippen LogP contribution in [0.2, 0.25) is 0 Å². The molecule has 1 saturated heterocycles. The van der Waals surface area contributed by atoms with Gasteiger partial charge in [0.05, 0.1) is 24.2 Å². The number of amides is 1. The third-order valence-corrected chi connectivity index (χ3v) is 8.27. The first-order valence-corrected chi connectivity index (χ1v) is 14.6. The van der Waals surface area contributed by atoms with Crippen molar-refractivity contribution in [3.05, 3.63) is 94.0 Å². The fourth-order valence-corrected chi connectivity index (χ4v) is 5.90. The molecule has 0 saturated carbocycles. The third kappa shape index (κ3) is 5.59. The molecule has 2 aliphatic rings. The maximum absolute atomic E-state index is 13.7. The highest BCUT2D eigenvalue weighted by Crippen LogP contribution is 2.35. The van der Waals surface area contributed by atoms with Crippen LogP contribution in [0.15, 0.2) is 71.8 Å². The number of rotatable bonds is 7. The molecule has 2 aromatic carbocycles. The Hall–Kier alpha value is -4.67. The van der Waals surface area contributed by atoms with Crippen molar-refractivity contribution in [3.63, 3.8) is 0 Å². The lowest BCUT2D eigenvalue weighted by molar-refractivity contribution is 0.0980. The molecule has 0 radical (unpaired) electrons. The van der Waals surface area contributed by atoms with Crippen LogP contribution in [-0.4, -0.2) is 67.4 Å². The summed E-state index contributed by atoms with van der Waals surface area (Å²) in [6.45, 7) is 3.98. The smallest absolute Gasteiger partial charge is 0.274 e. The van der Waals surface area contributed by atoms with Crippen LogP contribution in [0.1, 0.15) is 21.5 Å². The summed E-state index contributed by atoms with van der Waals surface area (Å²) in [7, 11) is 5.67. The normalized spacial score (nSPS) is 14.9. The van der Waals surface area contributed by atoms with E-state index in [1.165, 1.54) is 4.57 Å². The highest BCUT2D eigenvalue weighted by molar-refractivity contribution is 6.09. The number of aliphatic hydroxyl groups is 1. The molecule has 0 bridgehead atoms. The Morgan fingerprint density at radius 3 is 2.53 bits per heavy atom. The number of hydrogen-bond donors (Lipinski definition) is 3. The maximum atomic E-state index is 13.7. The zero-order valence-corrected chi connectivity index (χ0v) is 24.8. The molecule has 0 unspecified atom stereocenters. The van der Waals surface area contributed by atoms with Crippen LogP contribution in [-0.2, 0) is 20.1 Å². The van der Waals surface area contributed by atoms with E-state index in [-0.39, 0.29) is 18.1 Å². The Labute approximate surface area is 251 Å². The Kier molecular flexibility index (Phi) is 7.88. The Balaban J connectivity index is 1.30. The predicted molar refractivity (Wildman–Crippen MR) is 172 cm³/mol. The number of carbonyl (C=O) groups is 1. The van der Waals surface area contributed by atoms with Crippen molar-refractivity contribution in [2.24, 2.45) is 7.05 Å². The fraction of sp³-hybridized carbons (Fsp3) is 0.303. The SMILES string of the molecule is CN(C)c1ccc2c(c1)CCN(c1cccc(-c3cc(Nc4ccc(N5CCNCC5)cn4)c(=O)n(C)c3)c1CO)C2=O. The van der Waals surface area contributed by atoms with Gasteiger partial charge in [-0.25, -0.2) is 4.98 Å². The van der Waals surface area contributed by atoms with E-state index < -0.39 is 0 Å². The average molecular weight is 580 g/mol. The van der Waals surface area contributed by atoms with Crippen molar-refractivity contribution in [2.45, 2.75) is 13.0 Å². The molecule has 4 aromatic rings. The molecular formula is C33H37N7O3. The topological polar surface area (TPSA) is 106 Å². The lowest BCUT2D eigenvalue weighted by atomic mass is 9.94. The molecule has 1 fully saturated rings. The largest absolute Gasteiger partial charge is 0.392 e. The summed E-state index contributed by atoms with van der Waals surface area (Å²) in [6.07, 6.45) is 4.29. The lowest BCUT2D eigenvalue weighted by Crippen LogP contribution is -2.43. The molecule has 1 amide bonds. The number of pyridine rings is 2. The molecule has 0 aliphatic carbocycles. The summed E-state index contributed by atoms with van der Waals surface area (Å²) in [4.78, 5) is 37.4. The van der Waals surface area contributed by atoms with E-state index >= 15 is 0 Å². The van der Waals surface area contributed by atoms with Crippen LogP contribution < -0.4 is 30.9 Å². The van der Waals surface area contributed by atoms with E-state index in [4.69, 9.17) is 0 Å². The van der Waals surface area contributed by atoms with Crippen molar-refractivity contribution in [1.29, 1.82) is 0 Å². The van der Waals surface area contributed by atoms with E-state index in [0.29, 0.717) is 41.3 Å². The highest BCUT2D eigenvalue weighted by Gasteiger charge is 2.28. The summed E-state index contributed by atoms with van der Waals surface area (Å²) < 4.78 is 1.52. The van der Waals surface area contributed by atoms with Gasteiger partial charge in [-0.1, -0.05) is 12.1 Å². The van der Waals surface area contributed by atoms with E-state index in [0.717, 1.165) is 54.2 Å². The van der Waals surface area contributed by atoms with Gasteiger partial charge < -0.3 is 35.0 Å². The van der Waals surface area contributed by atoms with Crippen LogP contribution >= 0.6 is 0 Å². The molecule has 2 aromatic heterocycles. The lowest BCUT2D eigenvalue weighted by Gasteiger charge is -2.31. The van der Waals surface area contributed by atoms with Crippen LogP contribution in [0.5, 0.6) is 0 Å². The first-order valence-electron chi connectivity index (χ1n) is 14.6. The number of hydrogen-bond acceptors (Lipinski definition) is 8. The van der Waals surface area contributed by atoms with Crippen molar-refractivity contribution in [3.8, 4) is 11.1 Å². The number of nitrogens with one attached hydrogen (secondary N) is 2. The average Bonchev–Trinajstić information content (AvgIpc) is 3.03. The van der Waals surface area contributed by atoms with Gasteiger partial charge in [-0.2, -0.15) is 0 Å². The maximum Gasteiger partial charge on any atom is 0.274 e. The van der Waals surface area contributed by atoms with Gasteiger partial charge in [0.2, 0.25) is 0 Å². The van der Waals surface area contributed by atoms with Crippen molar-refractivity contribution in [1.82, 2.24) is 14.9 Å². The molecule has 10 heteroatoms. The molecule has 10 nitrogen and oxygen atoms in total. The molecule has 0 spiro atoms. The van der Waals surface area contributed by atoms with Crippen molar-refractivity contribution < 1.29 is 9.90 Å². The van der Waals surface area contributed by atoms with Crippen molar-refractivity contribution >= 4 is 34.5 Å². The number of aliphatic hydroxyl groups excluding tert-OH is 1. The van der Waals surface area contributed by atoms with Gasteiger partial charge in [-0.15, -0.1) is 0 Å². The van der Waals surface area contributed by atoms with E-state index in [1.807, 2.05) is 67.7 Å². The van der Waals surface area contributed by atoms with Gasteiger partial charge in [0, 0.05) is 82.4 Å². The molecule has 0 atom stereocenters. The van der Waals surface area contributed by atoms with Gasteiger partial charge in [0.25, 0.3) is 11.5 Å². The van der Waals surface area contributed by atoms with Gasteiger partial charge in [-0.3, -0.25) is 9.59 Å². The van der Waals surface area contributed by atoms with E-state index in [2.05, 4.69) is 26.6 Å². The summed E-state index contributed by atoms with van der Waals surface area (Å²) >= 11 is 0. The minimum Gasteiger partial charge on any atom is -0.392 e. The third-order valence-electron chi connectivity index (χ3n) is 8.27. The minimum atomic E-state index is -0.262. The Morgan fingerprint density at radius 1 is 1.00 bits per heavy atom. The Bertz CT molecular complexity index is 1710.